The molecule has 0 heterocycles. The molecule has 11 heteroatoms. The van der Waals surface area contributed by atoms with E-state index in [-0.39, 0.29) is 6.42 Å². The Morgan fingerprint density at radius 3 is 1.32 bits per heavy atom. The normalized spacial score (nSPS) is 28.2. The van der Waals surface area contributed by atoms with Crippen molar-refractivity contribution in [3.8, 4) is 0 Å². The molecule has 4 atom stereocenters. The van der Waals surface area contributed by atoms with Gasteiger partial charge in [-0.2, -0.15) is 39.5 Å². The topological polar surface area (TPSA) is 40.5 Å². The molecule has 0 amide bonds. The summed E-state index contributed by atoms with van der Waals surface area (Å²) in [5, 5.41) is 19.7. The molecule has 0 aromatic rings. The van der Waals surface area contributed by atoms with Gasteiger partial charge in [0.2, 0.25) is 0 Å². The molecule has 1 aliphatic rings. The van der Waals surface area contributed by atoms with Crippen molar-refractivity contribution in [1.29, 1.82) is 0 Å². The van der Waals surface area contributed by atoms with Gasteiger partial charge < -0.3 is 10.2 Å². The van der Waals surface area contributed by atoms with Crippen molar-refractivity contribution in [2.24, 2.45) is 23.2 Å². The van der Waals surface area contributed by atoms with E-state index in [1.54, 1.807) is 6.92 Å². The van der Waals surface area contributed by atoms with Crippen LogP contribution in [-0.2, 0) is 0 Å². The van der Waals surface area contributed by atoms with Crippen LogP contribution in [0.2, 0.25) is 0 Å². The van der Waals surface area contributed by atoms with Crippen molar-refractivity contribution < 1.29 is 49.7 Å². The van der Waals surface area contributed by atoms with Crippen LogP contribution in [0.25, 0.3) is 0 Å². The van der Waals surface area contributed by atoms with E-state index in [0.717, 1.165) is 0 Å². The fraction of sp³-hybridized carbons (Fsp3) is 1.00. The van der Waals surface area contributed by atoms with Crippen LogP contribution in [0, 0.1) is 23.2 Å². The summed E-state index contributed by atoms with van der Waals surface area (Å²) in [7, 11) is 0. The molecule has 0 bridgehead atoms. The second-order valence-corrected chi connectivity index (χ2v) is 8.55. The number of aliphatic hydroxyl groups is 2. The first-order chi connectivity index (χ1) is 12.1. The molecule has 2 nitrogen and oxygen atoms in total. The Bertz CT molecular complexity index is 532. The molecule has 28 heavy (non-hydrogen) atoms. The lowest BCUT2D eigenvalue weighted by molar-refractivity contribution is -0.391. The third kappa shape index (κ3) is 4.24. The second kappa shape index (κ2) is 7.21. The molecule has 168 valence electrons. The third-order valence-corrected chi connectivity index (χ3v) is 6.55. The fourth-order valence-corrected chi connectivity index (χ4v) is 3.90. The molecular weight excluding hydrogens is 407 g/mol. The lowest BCUT2D eigenvalue weighted by Gasteiger charge is -2.51. The van der Waals surface area contributed by atoms with Crippen LogP contribution >= 0.6 is 0 Å². The third-order valence-electron chi connectivity index (χ3n) is 6.55. The average molecular weight is 432 g/mol. The van der Waals surface area contributed by atoms with Gasteiger partial charge in [-0.3, -0.25) is 0 Å². The molecule has 2 N–H and O–H groups in total. The van der Waals surface area contributed by atoms with E-state index in [2.05, 4.69) is 0 Å². The summed E-state index contributed by atoms with van der Waals surface area (Å²) in [5.41, 5.74) is -9.55. The maximum atomic E-state index is 13.3. The van der Waals surface area contributed by atoms with Crippen LogP contribution in [0.3, 0.4) is 0 Å². The van der Waals surface area contributed by atoms with Gasteiger partial charge in [0.25, 0.3) is 5.60 Å². The van der Waals surface area contributed by atoms with Gasteiger partial charge in [0.1, 0.15) is 0 Å². The van der Waals surface area contributed by atoms with Crippen LogP contribution in [0.15, 0.2) is 0 Å². The number of rotatable bonds is 4. The molecule has 4 unspecified atom stereocenters. The minimum absolute atomic E-state index is 0.279. The van der Waals surface area contributed by atoms with E-state index in [1.807, 2.05) is 0 Å². The van der Waals surface area contributed by atoms with E-state index in [1.165, 1.54) is 13.8 Å². The molecule has 1 rings (SSSR count). The van der Waals surface area contributed by atoms with E-state index >= 15 is 0 Å². The summed E-state index contributed by atoms with van der Waals surface area (Å²) in [4.78, 5) is 0. The quantitative estimate of drug-likeness (QED) is 0.566. The summed E-state index contributed by atoms with van der Waals surface area (Å²) >= 11 is 0. The van der Waals surface area contributed by atoms with Crippen LogP contribution in [0.4, 0.5) is 39.5 Å². The van der Waals surface area contributed by atoms with E-state index < -0.39 is 72.2 Å². The van der Waals surface area contributed by atoms with Crippen molar-refractivity contribution in [2.75, 3.05) is 0 Å². The fourth-order valence-electron chi connectivity index (χ4n) is 3.90. The van der Waals surface area contributed by atoms with E-state index in [4.69, 9.17) is 0 Å². The van der Waals surface area contributed by atoms with Gasteiger partial charge in [0.05, 0.1) is 0 Å². The molecular formula is C17H25F9O2. The smallest absolute Gasteiger partial charge is 0.380 e. The molecule has 1 saturated carbocycles. The largest absolute Gasteiger partial charge is 0.426 e. The highest BCUT2D eigenvalue weighted by Gasteiger charge is 2.75. The standard InChI is InChI=1S/C17H25F9O2/c1-5-12(2,3)9-6-10(13(4,27)15(18,19)20)8-11(7-9)14(28,16(21,22)23)17(24,25)26/h9-11,27-28H,5-8H2,1-4H3. The van der Waals surface area contributed by atoms with Gasteiger partial charge in [-0.1, -0.05) is 27.2 Å². The lowest BCUT2D eigenvalue weighted by atomic mass is 9.58. The summed E-state index contributed by atoms with van der Waals surface area (Å²) in [6, 6.07) is 0. The molecule has 1 fully saturated rings. The highest BCUT2D eigenvalue weighted by atomic mass is 19.4. The Morgan fingerprint density at radius 2 is 1.00 bits per heavy atom. The van der Waals surface area contributed by atoms with Gasteiger partial charge in [0.15, 0.2) is 5.60 Å². The first kappa shape index (κ1) is 25.3. The summed E-state index contributed by atoms with van der Waals surface area (Å²) < 4.78 is 120. The molecule has 1 aliphatic carbocycles. The zero-order valence-electron chi connectivity index (χ0n) is 15.9. The van der Waals surface area contributed by atoms with Gasteiger partial charge in [0, 0.05) is 5.92 Å². The molecule has 0 radical (unpaired) electrons. The Hall–Kier alpha value is -0.710. The Labute approximate surface area is 157 Å². The second-order valence-electron chi connectivity index (χ2n) is 8.55. The van der Waals surface area contributed by atoms with Gasteiger partial charge in [-0.05, 0) is 43.4 Å². The molecule has 0 aliphatic heterocycles. The molecule has 0 aromatic carbocycles. The molecule has 0 aromatic heterocycles. The van der Waals surface area contributed by atoms with Crippen molar-refractivity contribution in [1.82, 2.24) is 0 Å². The van der Waals surface area contributed by atoms with E-state index in [9.17, 15) is 49.7 Å². The first-order valence-corrected chi connectivity index (χ1v) is 8.77. The Balaban J connectivity index is 3.54. The number of hydrogen-bond acceptors (Lipinski definition) is 2. The van der Waals surface area contributed by atoms with Crippen LogP contribution < -0.4 is 0 Å². The minimum atomic E-state index is -6.14. The van der Waals surface area contributed by atoms with Gasteiger partial charge in [-0.15, -0.1) is 0 Å². The number of halogens is 9. The zero-order chi connectivity index (χ0) is 22.6. The van der Waals surface area contributed by atoms with Gasteiger partial charge in [-0.25, -0.2) is 0 Å². The summed E-state index contributed by atoms with van der Waals surface area (Å²) in [6.45, 7) is 5.01. The zero-order valence-corrected chi connectivity index (χ0v) is 15.9. The monoisotopic (exact) mass is 432 g/mol. The maximum absolute atomic E-state index is 13.3. The predicted molar refractivity (Wildman–Crippen MR) is 82.1 cm³/mol. The SMILES string of the molecule is CCC(C)(C)C1CC(C(C)(O)C(F)(F)F)CC(C(O)(C(F)(F)F)C(F)(F)F)C1. The highest BCUT2D eigenvalue weighted by molar-refractivity contribution is 5.06. The van der Waals surface area contributed by atoms with Crippen molar-refractivity contribution >= 4 is 0 Å². The van der Waals surface area contributed by atoms with Gasteiger partial charge >= 0.3 is 18.5 Å². The van der Waals surface area contributed by atoms with Crippen LogP contribution in [0.1, 0.15) is 53.4 Å². The number of alkyl halides is 9. The summed E-state index contributed by atoms with van der Waals surface area (Å²) in [5.74, 6) is -5.50. The van der Waals surface area contributed by atoms with Crippen LogP contribution in [-0.4, -0.2) is 39.9 Å². The van der Waals surface area contributed by atoms with Crippen LogP contribution in [0.5, 0.6) is 0 Å². The van der Waals surface area contributed by atoms with Crippen molar-refractivity contribution in [2.45, 2.75) is 83.1 Å². The lowest BCUT2D eigenvalue weighted by Crippen LogP contribution is -2.64. The van der Waals surface area contributed by atoms with E-state index in [0.29, 0.717) is 6.92 Å². The number of hydrogen-bond donors (Lipinski definition) is 2. The van der Waals surface area contributed by atoms with Crippen molar-refractivity contribution in [3.05, 3.63) is 0 Å². The Morgan fingerprint density at radius 1 is 0.643 bits per heavy atom. The molecule has 0 saturated heterocycles. The highest BCUT2D eigenvalue weighted by Crippen LogP contribution is 2.58. The average Bonchev–Trinajstić information content (AvgIpc) is 2.50. The van der Waals surface area contributed by atoms with Crippen molar-refractivity contribution in [3.63, 3.8) is 0 Å². The summed E-state index contributed by atoms with van der Waals surface area (Å²) in [6.07, 6.45) is -19.7. The minimum Gasteiger partial charge on any atom is -0.380 e. The first-order valence-electron chi connectivity index (χ1n) is 8.77. The maximum Gasteiger partial charge on any atom is 0.426 e. The Kier molecular flexibility index (Phi) is 6.52. The molecule has 0 spiro atoms. The predicted octanol–water partition coefficient (Wildman–Crippen LogP) is 5.62.